The van der Waals surface area contributed by atoms with Gasteiger partial charge in [-0.2, -0.15) is 0 Å². The lowest BCUT2D eigenvalue weighted by Crippen LogP contribution is -2.13. The summed E-state index contributed by atoms with van der Waals surface area (Å²) in [5, 5.41) is 19.7. The number of halogens is 1. The molecule has 0 radical (unpaired) electrons. The van der Waals surface area contributed by atoms with E-state index < -0.39 is 11.0 Å². The van der Waals surface area contributed by atoms with Crippen LogP contribution in [-0.4, -0.2) is 32.0 Å². The molecule has 1 rings (SSSR count). The minimum absolute atomic E-state index is 0.0308. The van der Waals surface area contributed by atoms with Crippen molar-refractivity contribution >= 4 is 17.4 Å². The van der Waals surface area contributed by atoms with E-state index in [9.17, 15) is 15.2 Å². The number of aromatic amines is 1. The van der Waals surface area contributed by atoms with Gasteiger partial charge < -0.3 is 15.2 Å². The molecule has 0 bridgehead atoms. The zero-order chi connectivity index (χ0) is 10.7. The number of imidazole rings is 1. The Kier molecular flexibility index (Phi) is 3.43. The second-order valence-corrected chi connectivity index (χ2v) is 3.20. The van der Waals surface area contributed by atoms with Gasteiger partial charge >= 0.3 is 5.82 Å². The number of nitrogens with one attached hydrogen (secondary N) is 1. The molecule has 1 aromatic rings. The zero-order valence-corrected chi connectivity index (χ0v) is 8.28. The maximum atomic E-state index is 10.5. The molecule has 2 N–H and O–H groups in total. The topological polar surface area (TPSA) is 92.1 Å². The number of alkyl halides is 1. The highest BCUT2D eigenvalue weighted by atomic mass is 35.5. The lowest BCUT2D eigenvalue weighted by atomic mass is 10.2. The number of nitrogens with zero attached hydrogens (tertiary/aromatic N) is 2. The Bertz CT molecular complexity index is 339. The third-order valence-electron chi connectivity index (χ3n) is 1.66. The van der Waals surface area contributed by atoms with Crippen molar-refractivity contribution < 1.29 is 10.0 Å². The van der Waals surface area contributed by atoms with E-state index in [1.54, 1.807) is 6.92 Å². The van der Waals surface area contributed by atoms with E-state index in [1.165, 1.54) is 0 Å². The van der Waals surface area contributed by atoms with Gasteiger partial charge in [0.05, 0.1) is 6.10 Å². The molecule has 0 amide bonds. The number of aliphatic hydroxyl groups excluding tert-OH is 1. The predicted molar refractivity (Wildman–Crippen MR) is 50.4 cm³/mol. The molecule has 0 saturated carbocycles. The summed E-state index contributed by atoms with van der Waals surface area (Å²) < 4.78 is 0. The average molecular weight is 220 g/mol. The number of hydrogen-bond donors (Lipinski definition) is 2. The molecular weight excluding hydrogens is 210 g/mol. The van der Waals surface area contributed by atoms with Gasteiger partial charge in [0.1, 0.15) is 5.69 Å². The Balaban J connectivity index is 2.89. The van der Waals surface area contributed by atoms with Crippen LogP contribution >= 0.6 is 11.6 Å². The summed E-state index contributed by atoms with van der Waals surface area (Å²) in [6.07, 6.45) is -0.720. The zero-order valence-electron chi connectivity index (χ0n) is 7.53. The molecule has 78 valence electrons. The van der Waals surface area contributed by atoms with Crippen LogP contribution in [-0.2, 0) is 6.42 Å². The Morgan fingerprint density at radius 1 is 1.79 bits per heavy atom. The highest BCUT2D eigenvalue weighted by Gasteiger charge is 2.20. The molecule has 0 aromatic carbocycles. The summed E-state index contributed by atoms with van der Waals surface area (Å²) >= 11 is 5.38. The molecule has 0 aliphatic rings. The minimum atomic E-state index is -0.807. The molecule has 1 atom stereocenters. The normalized spacial score (nSPS) is 12.8. The first-order chi connectivity index (χ1) is 6.54. The fraction of sp³-hybridized carbons (Fsp3) is 0.571. The molecule has 0 spiro atoms. The van der Waals surface area contributed by atoms with E-state index >= 15 is 0 Å². The van der Waals surface area contributed by atoms with Gasteiger partial charge in [-0.1, -0.05) is 0 Å². The van der Waals surface area contributed by atoms with Crippen molar-refractivity contribution in [3.05, 3.63) is 21.6 Å². The molecule has 0 fully saturated rings. The number of aryl methyl sites for hydroxylation is 1. The van der Waals surface area contributed by atoms with Crippen LogP contribution in [0.3, 0.4) is 0 Å². The maximum Gasteiger partial charge on any atom is 0.343 e. The standard InChI is InChI=1S/C7H10ClN3O3/c1-4-9-6(2-5(12)3-8)7(10-4)11(13)14/h5,12H,2-3H2,1H3,(H,9,10). The van der Waals surface area contributed by atoms with Crippen LogP contribution in [0.4, 0.5) is 5.82 Å². The highest BCUT2D eigenvalue weighted by Crippen LogP contribution is 2.16. The smallest absolute Gasteiger partial charge is 0.343 e. The number of hydrogen-bond acceptors (Lipinski definition) is 4. The third kappa shape index (κ3) is 2.43. The molecular formula is C7H10ClN3O3. The van der Waals surface area contributed by atoms with Crippen molar-refractivity contribution in [2.24, 2.45) is 0 Å². The number of rotatable bonds is 4. The van der Waals surface area contributed by atoms with E-state index in [0.717, 1.165) is 0 Å². The first-order valence-corrected chi connectivity index (χ1v) is 4.52. The number of nitro groups is 1. The van der Waals surface area contributed by atoms with E-state index in [-0.39, 0.29) is 23.8 Å². The summed E-state index contributed by atoms with van der Waals surface area (Å²) in [6.45, 7) is 1.61. The van der Waals surface area contributed by atoms with Crippen LogP contribution in [0.15, 0.2) is 0 Å². The Hall–Kier alpha value is -1.14. The predicted octanol–water partition coefficient (Wildman–Crippen LogP) is 0.769. The molecule has 0 aliphatic carbocycles. The van der Waals surface area contributed by atoms with Crippen molar-refractivity contribution in [2.45, 2.75) is 19.4 Å². The van der Waals surface area contributed by atoms with E-state index in [0.29, 0.717) is 5.82 Å². The van der Waals surface area contributed by atoms with Crippen molar-refractivity contribution in [3.8, 4) is 0 Å². The second kappa shape index (κ2) is 4.39. The molecule has 0 aliphatic heterocycles. The Labute approximate surface area is 85.1 Å². The summed E-state index contributed by atoms with van der Waals surface area (Å²) in [7, 11) is 0. The molecule has 1 unspecified atom stereocenters. The lowest BCUT2D eigenvalue weighted by Gasteiger charge is -2.02. The monoisotopic (exact) mass is 219 g/mol. The molecule has 0 saturated heterocycles. The summed E-state index contributed by atoms with van der Waals surface area (Å²) in [6, 6.07) is 0. The van der Waals surface area contributed by atoms with Crippen LogP contribution in [0, 0.1) is 17.0 Å². The highest BCUT2D eigenvalue weighted by molar-refractivity contribution is 6.18. The van der Waals surface area contributed by atoms with Crippen molar-refractivity contribution in [1.82, 2.24) is 9.97 Å². The quantitative estimate of drug-likeness (QED) is 0.444. The maximum absolute atomic E-state index is 10.5. The van der Waals surface area contributed by atoms with Crippen LogP contribution < -0.4 is 0 Å². The second-order valence-electron chi connectivity index (χ2n) is 2.89. The molecule has 14 heavy (non-hydrogen) atoms. The lowest BCUT2D eigenvalue weighted by molar-refractivity contribution is -0.390. The van der Waals surface area contributed by atoms with Crippen molar-refractivity contribution in [1.29, 1.82) is 0 Å². The third-order valence-corrected chi connectivity index (χ3v) is 2.02. The Morgan fingerprint density at radius 2 is 2.43 bits per heavy atom. The first-order valence-electron chi connectivity index (χ1n) is 3.98. The Morgan fingerprint density at radius 3 is 2.93 bits per heavy atom. The van der Waals surface area contributed by atoms with E-state index in [2.05, 4.69) is 9.97 Å². The van der Waals surface area contributed by atoms with Crippen LogP contribution in [0.2, 0.25) is 0 Å². The van der Waals surface area contributed by atoms with Gasteiger partial charge in [0.15, 0.2) is 5.82 Å². The SMILES string of the molecule is Cc1nc(CC(O)CCl)c([N+](=O)[O-])[nH]1. The largest absolute Gasteiger partial charge is 0.391 e. The van der Waals surface area contributed by atoms with Crippen molar-refractivity contribution in [2.75, 3.05) is 5.88 Å². The number of H-pyrrole nitrogens is 1. The molecule has 6 nitrogen and oxygen atoms in total. The van der Waals surface area contributed by atoms with E-state index in [1.807, 2.05) is 0 Å². The molecule has 1 aromatic heterocycles. The first kappa shape index (κ1) is 10.9. The number of aliphatic hydroxyl groups is 1. The minimum Gasteiger partial charge on any atom is -0.391 e. The van der Waals surface area contributed by atoms with E-state index in [4.69, 9.17) is 11.6 Å². The average Bonchev–Trinajstić information content (AvgIpc) is 2.46. The van der Waals surface area contributed by atoms with Gasteiger partial charge in [0.2, 0.25) is 0 Å². The fourth-order valence-corrected chi connectivity index (χ4v) is 1.21. The van der Waals surface area contributed by atoms with Crippen molar-refractivity contribution in [3.63, 3.8) is 0 Å². The van der Waals surface area contributed by atoms with Gasteiger partial charge in [-0.3, -0.25) is 0 Å². The van der Waals surface area contributed by atoms with Gasteiger partial charge in [-0.25, -0.2) is 9.97 Å². The van der Waals surface area contributed by atoms with Gasteiger partial charge in [-0.15, -0.1) is 11.6 Å². The molecule has 1 heterocycles. The van der Waals surface area contributed by atoms with Gasteiger partial charge in [0, 0.05) is 19.2 Å². The van der Waals surface area contributed by atoms with Crippen LogP contribution in [0.25, 0.3) is 0 Å². The molecule has 7 heteroatoms. The van der Waals surface area contributed by atoms with Gasteiger partial charge in [0.25, 0.3) is 0 Å². The summed E-state index contributed by atoms with van der Waals surface area (Å²) in [4.78, 5) is 16.4. The van der Waals surface area contributed by atoms with Gasteiger partial charge in [-0.05, 0) is 4.92 Å². The summed E-state index contributed by atoms with van der Waals surface area (Å²) in [5.41, 5.74) is 0.237. The van der Waals surface area contributed by atoms with Crippen LogP contribution in [0.1, 0.15) is 11.5 Å². The number of aromatic nitrogens is 2. The fourth-order valence-electron chi connectivity index (χ4n) is 1.10. The van der Waals surface area contributed by atoms with Crippen LogP contribution in [0.5, 0.6) is 0 Å². The summed E-state index contributed by atoms with van der Waals surface area (Å²) in [5.74, 6) is 0.309.